The molecule has 0 bridgehead atoms. The van der Waals surface area contributed by atoms with Crippen molar-refractivity contribution in [2.45, 2.75) is 71.4 Å². The summed E-state index contributed by atoms with van der Waals surface area (Å²) in [5.41, 5.74) is 2.83. The van der Waals surface area contributed by atoms with Gasteiger partial charge in [0, 0.05) is 31.4 Å². The number of allylic oxidation sites excluding steroid dienone is 3. The Morgan fingerprint density at radius 3 is 2.62 bits per heavy atom. The highest BCUT2D eigenvalue weighted by atomic mass is 16.5. The van der Waals surface area contributed by atoms with Crippen LogP contribution in [0.1, 0.15) is 69.8 Å². The van der Waals surface area contributed by atoms with E-state index in [1.807, 2.05) is 35.8 Å². The van der Waals surface area contributed by atoms with Crippen LogP contribution in [0.2, 0.25) is 0 Å². The van der Waals surface area contributed by atoms with E-state index < -0.39 is 0 Å². The maximum atomic E-state index is 13.3. The topological polar surface area (TPSA) is 78.1 Å². The van der Waals surface area contributed by atoms with Gasteiger partial charge in [0.2, 0.25) is 5.91 Å². The van der Waals surface area contributed by atoms with Crippen molar-refractivity contribution in [3.8, 4) is 0 Å². The van der Waals surface area contributed by atoms with E-state index in [2.05, 4.69) is 48.2 Å². The number of nitrogens with zero attached hydrogens (tertiary/aromatic N) is 6. The van der Waals surface area contributed by atoms with Crippen molar-refractivity contribution in [3.05, 3.63) is 48.0 Å². The van der Waals surface area contributed by atoms with Crippen LogP contribution in [0.4, 0.5) is 0 Å². The SMILES string of the molecule is COC1=CC(c2cn([C@H]3CCC[C@@H](C(C)(C)C)N(C)C3=O)nn2)CC=C1n1cnc(C)c1. The number of carbonyl (C=O) groups excluding carboxylic acids is 1. The van der Waals surface area contributed by atoms with Gasteiger partial charge < -0.3 is 14.2 Å². The van der Waals surface area contributed by atoms with Crippen LogP contribution in [0.15, 0.2) is 36.6 Å². The molecule has 1 aliphatic heterocycles. The van der Waals surface area contributed by atoms with Crippen molar-refractivity contribution >= 4 is 11.6 Å². The third-order valence-corrected chi connectivity index (χ3v) is 6.66. The molecule has 8 heteroatoms. The molecule has 0 spiro atoms. The van der Waals surface area contributed by atoms with Crippen LogP contribution in [0.3, 0.4) is 0 Å². The van der Waals surface area contributed by atoms with E-state index in [4.69, 9.17) is 4.74 Å². The van der Waals surface area contributed by atoms with Gasteiger partial charge in [-0.25, -0.2) is 9.67 Å². The van der Waals surface area contributed by atoms with Crippen LogP contribution in [-0.2, 0) is 9.53 Å². The second-order valence-corrected chi connectivity index (χ2v) is 9.99. The van der Waals surface area contributed by atoms with E-state index in [9.17, 15) is 4.79 Å². The summed E-state index contributed by atoms with van der Waals surface area (Å²) < 4.78 is 9.40. The average Bonchev–Trinajstić information content (AvgIpc) is 3.38. The molecular weight excluding hydrogens is 404 g/mol. The summed E-state index contributed by atoms with van der Waals surface area (Å²) in [7, 11) is 3.60. The van der Waals surface area contributed by atoms with Crippen molar-refractivity contribution in [1.29, 1.82) is 0 Å². The molecule has 1 unspecified atom stereocenters. The Labute approximate surface area is 190 Å². The molecule has 1 fully saturated rings. The number of aryl methyl sites for hydroxylation is 1. The highest BCUT2D eigenvalue weighted by Crippen LogP contribution is 2.35. The van der Waals surface area contributed by atoms with Gasteiger partial charge >= 0.3 is 0 Å². The van der Waals surface area contributed by atoms with Crippen molar-refractivity contribution in [1.82, 2.24) is 29.4 Å². The minimum Gasteiger partial charge on any atom is -0.495 e. The average molecular weight is 439 g/mol. The van der Waals surface area contributed by atoms with Gasteiger partial charge in [0.1, 0.15) is 11.8 Å². The third kappa shape index (κ3) is 4.23. The summed E-state index contributed by atoms with van der Waals surface area (Å²) in [6.45, 7) is 8.56. The molecule has 3 atom stereocenters. The zero-order chi connectivity index (χ0) is 23.0. The Balaban J connectivity index is 1.53. The predicted octanol–water partition coefficient (Wildman–Crippen LogP) is 3.94. The second-order valence-electron chi connectivity index (χ2n) is 9.99. The standard InChI is InChI=1S/C24H34N6O2/c1-16-13-29(15-25-16)19-11-10-17(12-21(19)32-6)18-14-30(27-26-18)20-8-7-9-22(24(2,3)4)28(5)23(20)31/h11-15,17,20,22H,7-10H2,1-6H3/t17?,20-,22-/m0/s1. The molecule has 0 aromatic carbocycles. The summed E-state index contributed by atoms with van der Waals surface area (Å²) >= 11 is 0. The largest absolute Gasteiger partial charge is 0.495 e. The number of hydrogen-bond acceptors (Lipinski definition) is 5. The molecule has 2 aromatic rings. The summed E-state index contributed by atoms with van der Waals surface area (Å²) in [6, 6.07) is -0.0769. The summed E-state index contributed by atoms with van der Waals surface area (Å²) in [4.78, 5) is 19.5. The number of likely N-dealkylation sites (N-methyl/N-ethyl adjacent to an activating group) is 1. The van der Waals surface area contributed by atoms with Crippen LogP contribution < -0.4 is 0 Å². The monoisotopic (exact) mass is 438 g/mol. The molecule has 1 saturated heterocycles. The lowest BCUT2D eigenvalue weighted by Crippen LogP contribution is -2.45. The lowest BCUT2D eigenvalue weighted by molar-refractivity contribution is -0.137. The Bertz CT molecular complexity index is 1040. The molecule has 172 valence electrons. The summed E-state index contributed by atoms with van der Waals surface area (Å²) in [5, 5.41) is 8.81. The van der Waals surface area contributed by atoms with Gasteiger partial charge in [0.25, 0.3) is 0 Å². The third-order valence-electron chi connectivity index (χ3n) is 6.66. The quantitative estimate of drug-likeness (QED) is 0.723. The Morgan fingerprint density at radius 2 is 1.97 bits per heavy atom. The summed E-state index contributed by atoms with van der Waals surface area (Å²) in [6.07, 6.45) is 13.5. The zero-order valence-electron chi connectivity index (χ0n) is 19.9. The minimum absolute atomic E-state index is 0.0491. The van der Waals surface area contributed by atoms with E-state index in [1.54, 1.807) is 18.1 Å². The number of imidazole rings is 1. The number of amides is 1. The first-order valence-electron chi connectivity index (χ1n) is 11.3. The molecule has 2 aliphatic rings. The lowest BCUT2D eigenvalue weighted by atomic mass is 9.83. The molecule has 0 N–H and O–H groups in total. The Hall–Kier alpha value is -2.90. The first kappa shape index (κ1) is 22.3. The van der Waals surface area contributed by atoms with Crippen molar-refractivity contribution < 1.29 is 9.53 Å². The maximum Gasteiger partial charge on any atom is 0.247 e. The molecule has 1 amide bonds. The van der Waals surface area contributed by atoms with Crippen LogP contribution in [0.5, 0.6) is 0 Å². The lowest BCUT2D eigenvalue weighted by Gasteiger charge is -2.37. The van der Waals surface area contributed by atoms with E-state index in [-0.39, 0.29) is 29.3 Å². The number of likely N-dealkylation sites (tertiary alicyclic amines) is 1. The number of hydrogen-bond donors (Lipinski definition) is 0. The first-order chi connectivity index (χ1) is 15.2. The number of rotatable bonds is 4. The minimum atomic E-state index is -0.303. The van der Waals surface area contributed by atoms with Crippen LogP contribution >= 0.6 is 0 Å². The second kappa shape index (κ2) is 8.56. The smallest absolute Gasteiger partial charge is 0.247 e. The van der Waals surface area contributed by atoms with Gasteiger partial charge in [0.15, 0.2) is 0 Å². The van der Waals surface area contributed by atoms with Crippen molar-refractivity contribution in [3.63, 3.8) is 0 Å². The Morgan fingerprint density at radius 1 is 1.19 bits per heavy atom. The van der Waals surface area contributed by atoms with Gasteiger partial charge in [-0.3, -0.25) is 4.79 Å². The van der Waals surface area contributed by atoms with E-state index in [1.165, 1.54) is 0 Å². The number of carbonyl (C=O) groups is 1. The predicted molar refractivity (Wildman–Crippen MR) is 123 cm³/mol. The molecule has 8 nitrogen and oxygen atoms in total. The molecule has 0 saturated carbocycles. The first-order valence-corrected chi connectivity index (χ1v) is 11.3. The summed E-state index contributed by atoms with van der Waals surface area (Å²) in [5.74, 6) is 0.952. The van der Waals surface area contributed by atoms with Gasteiger partial charge in [-0.2, -0.15) is 0 Å². The molecule has 0 radical (unpaired) electrons. The molecule has 3 heterocycles. The molecule has 1 aliphatic carbocycles. The molecular formula is C24H34N6O2. The number of aromatic nitrogens is 5. The van der Waals surface area contributed by atoms with E-state index in [0.717, 1.165) is 48.5 Å². The zero-order valence-corrected chi connectivity index (χ0v) is 19.9. The van der Waals surface area contributed by atoms with Gasteiger partial charge in [0.05, 0.1) is 30.5 Å². The van der Waals surface area contributed by atoms with Gasteiger partial charge in [-0.05, 0) is 44.1 Å². The molecule has 2 aromatic heterocycles. The fraction of sp³-hybridized carbons (Fsp3) is 0.583. The van der Waals surface area contributed by atoms with Gasteiger partial charge in [-0.15, -0.1) is 5.10 Å². The van der Waals surface area contributed by atoms with Crippen LogP contribution in [0, 0.1) is 12.3 Å². The van der Waals surface area contributed by atoms with E-state index in [0.29, 0.717) is 0 Å². The number of ether oxygens (including phenoxy) is 1. The normalized spacial score (nSPS) is 24.8. The van der Waals surface area contributed by atoms with Crippen molar-refractivity contribution in [2.24, 2.45) is 5.41 Å². The molecule has 32 heavy (non-hydrogen) atoms. The Kier molecular flexibility index (Phi) is 5.97. The highest BCUT2D eigenvalue weighted by Gasteiger charge is 2.37. The van der Waals surface area contributed by atoms with Crippen LogP contribution in [0.25, 0.3) is 5.70 Å². The highest BCUT2D eigenvalue weighted by molar-refractivity contribution is 5.80. The molecule has 4 rings (SSSR count). The fourth-order valence-corrected chi connectivity index (χ4v) is 4.92. The van der Waals surface area contributed by atoms with E-state index >= 15 is 0 Å². The van der Waals surface area contributed by atoms with Gasteiger partial charge in [-0.1, -0.05) is 32.1 Å². The fourth-order valence-electron chi connectivity index (χ4n) is 4.92. The van der Waals surface area contributed by atoms with Crippen molar-refractivity contribution in [2.75, 3.05) is 14.2 Å². The maximum absolute atomic E-state index is 13.3. The number of methoxy groups -OCH3 is 1. The van der Waals surface area contributed by atoms with Crippen LogP contribution in [-0.4, -0.2) is 55.6 Å².